The fraction of sp³-hybridized carbons (Fsp3) is 0.500. The third-order valence-electron chi connectivity index (χ3n) is 4.98. The Balaban J connectivity index is 2.25. The molecule has 0 saturated heterocycles. The number of methoxy groups -OCH3 is 1. The third-order valence-corrected chi connectivity index (χ3v) is 7.62. The Bertz CT molecular complexity index is 916. The highest BCUT2D eigenvalue weighted by Gasteiger charge is 2.28. The van der Waals surface area contributed by atoms with E-state index in [0.717, 1.165) is 21.6 Å². The Morgan fingerprint density at radius 3 is 2.33 bits per heavy atom. The third kappa shape index (κ3) is 5.61. The second-order valence-electron chi connectivity index (χ2n) is 8.23. The summed E-state index contributed by atoms with van der Waals surface area (Å²) < 4.78 is 21.0. The highest BCUT2D eigenvalue weighted by Crippen LogP contribution is 2.32. The van der Waals surface area contributed by atoms with Crippen molar-refractivity contribution >= 4 is 28.6 Å². The number of thiazole rings is 1. The lowest BCUT2D eigenvalue weighted by Crippen LogP contribution is -2.32. The van der Waals surface area contributed by atoms with Gasteiger partial charge in [0.05, 0.1) is 28.5 Å². The molecule has 0 aliphatic heterocycles. The largest absolute Gasteiger partial charge is 0.586 e. The van der Waals surface area contributed by atoms with Crippen molar-refractivity contribution in [2.45, 2.75) is 69.7 Å². The van der Waals surface area contributed by atoms with Crippen LogP contribution in [-0.4, -0.2) is 22.6 Å². The smallest absolute Gasteiger partial charge is 0.329 e. The average molecular weight is 448 g/mol. The predicted molar refractivity (Wildman–Crippen MR) is 120 cm³/mol. The molecular formula is C22H29N3O3S2. The number of nitrogens with zero attached hydrogens (tertiary/aromatic N) is 2. The van der Waals surface area contributed by atoms with Gasteiger partial charge in [-0.3, -0.25) is 4.79 Å². The van der Waals surface area contributed by atoms with Gasteiger partial charge in [0.1, 0.15) is 11.4 Å². The van der Waals surface area contributed by atoms with Crippen molar-refractivity contribution in [1.82, 2.24) is 9.71 Å². The van der Waals surface area contributed by atoms with Crippen molar-refractivity contribution in [3.8, 4) is 6.07 Å². The topological polar surface area (TPSA) is 98.1 Å². The maximum Gasteiger partial charge on any atom is 0.329 e. The van der Waals surface area contributed by atoms with Gasteiger partial charge < -0.3 is 9.29 Å². The van der Waals surface area contributed by atoms with Crippen LogP contribution in [0.5, 0.6) is 0 Å². The van der Waals surface area contributed by atoms with E-state index in [0.29, 0.717) is 9.90 Å². The number of hydrogen-bond acceptors (Lipinski definition) is 6. The lowest BCUT2D eigenvalue weighted by atomic mass is 9.85. The fourth-order valence-electron chi connectivity index (χ4n) is 3.08. The van der Waals surface area contributed by atoms with Gasteiger partial charge in [-0.2, -0.15) is 15.0 Å². The zero-order valence-electron chi connectivity index (χ0n) is 18.5. The summed E-state index contributed by atoms with van der Waals surface area (Å²) in [6.45, 7) is 11.9. The Kier molecular flexibility index (Phi) is 8.06. The van der Waals surface area contributed by atoms with Crippen LogP contribution in [0, 0.1) is 11.3 Å². The Morgan fingerprint density at radius 2 is 1.87 bits per heavy atom. The molecule has 1 aromatic carbocycles. The van der Waals surface area contributed by atoms with Crippen LogP contribution in [0.25, 0.3) is 0 Å². The van der Waals surface area contributed by atoms with Crippen molar-refractivity contribution in [3.63, 3.8) is 0 Å². The van der Waals surface area contributed by atoms with Crippen LogP contribution in [0.15, 0.2) is 22.7 Å². The normalized spacial score (nSPS) is 12.8. The van der Waals surface area contributed by atoms with E-state index in [9.17, 15) is 14.6 Å². The Morgan fingerprint density at radius 1 is 1.30 bits per heavy atom. The zero-order chi connectivity index (χ0) is 22.6. The van der Waals surface area contributed by atoms with E-state index < -0.39 is 17.0 Å². The van der Waals surface area contributed by atoms with E-state index >= 15 is 0 Å². The van der Waals surface area contributed by atoms with Crippen molar-refractivity contribution in [1.29, 1.82) is 5.26 Å². The summed E-state index contributed by atoms with van der Waals surface area (Å²) in [5, 5.41) is 9.36. The summed E-state index contributed by atoms with van der Waals surface area (Å²) in [5.74, 6) is -0.0339. The summed E-state index contributed by atoms with van der Waals surface area (Å²) in [6, 6.07) is 5.89. The number of nitrogens with one attached hydrogen (secondary N) is 1. The van der Waals surface area contributed by atoms with Crippen LogP contribution >= 0.6 is 11.3 Å². The molecule has 8 heteroatoms. The quantitative estimate of drug-likeness (QED) is 0.600. The molecule has 0 aliphatic carbocycles. The minimum Gasteiger partial charge on any atom is -0.586 e. The second kappa shape index (κ2) is 9.92. The van der Waals surface area contributed by atoms with Crippen molar-refractivity contribution in [2.75, 3.05) is 7.11 Å². The molecule has 1 aromatic heterocycles. The number of carbonyl (C=O) groups is 1. The first-order chi connectivity index (χ1) is 14.0. The molecule has 30 heavy (non-hydrogen) atoms. The monoisotopic (exact) mass is 447 g/mol. The fourth-order valence-corrected chi connectivity index (χ4v) is 5.02. The van der Waals surface area contributed by atoms with E-state index in [1.165, 1.54) is 11.3 Å². The zero-order valence-corrected chi connectivity index (χ0v) is 20.2. The van der Waals surface area contributed by atoms with Crippen LogP contribution in [0.1, 0.15) is 80.5 Å². The van der Waals surface area contributed by atoms with Crippen LogP contribution in [-0.2, 0) is 32.9 Å². The van der Waals surface area contributed by atoms with Crippen LogP contribution in [0.3, 0.4) is 0 Å². The maximum absolute atomic E-state index is 12.7. The first-order valence-corrected chi connectivity index (χ1v) is 11.8. The molecule has 0 spiro atoms. The molecule has 1 amide bonds. The Labute approximate surface area is 186 Å². The molecule has 0 radical (unpaired) electrons. The highest BCUT2D eigenvalue weighted by molar-refractivity contribution is 7.92. The van der Waals surface area contributed by atoms with Crippen molar-refractivity contribution < 1.29 is 14.1 Å². The first kappa shape index (κ1) is 24.4. The van der Waals surface area contributed by atoms with Crippen LogP contribution in [0.2, 0.25) is 0 Å². The summed E-state index contributed by atoms with van der Waals surface area (Å²) in [4.78, 5) is 17.8. The number of rotatable bonds is 8. The molecule has 1 heterocycles. The molecule has 0 fully saturated rings. The number of carbonyl (C=O) groups excluding carboxylic acids is 1. The van der Waals surface area contributed by atoms with Gasteiger partial charge in [-0.25, -0.2) is 0 Å². The summed E-state index contributed by atoms with van der Waals surface area (Å²) in [5.41, 5.74) is 2.89. The van der Waals surface area contributed by atoms with E-state index in [1.54, 1.807) is 13.3 Å². The van der Waals surface area contributed by atoms with Gasteiger partial charge in [-0.15, -0.1) is 0 Å². The molecule has 0 aliphatic rings. The van der Waals surface area contributed by atoms with Gasteiger partial charge in [0.15, 0.2) is 0 Å². The maximum atomic E-state index is 12.7. The molecule has 2 aromatic rings. The highest BCUT2D eigenvalue weighted by atomic mass is 32.2. The molecule has 2 rings (SSSR count). The molecule has 0 saturated carbocycles. The molecule has 6 nitrogen and oxygen atoms in total. The second-order valence-corrected chi connectivity index (χ2v) is 10.6. The predicted octanol–water partition coefficient (Wildman–Crippen LogP) is 4.52. The number of aromatic nitrogens is 1. The summed E-state index contributed by atoms with van der Waals surface area (Å²) in [6.07, 6.45) is 1.72. The molecule has 0 bridgehead atoms. The standard InChI is InChI=1S/C22H29N3O3S2/c1-13(2)16-8-15(11-23)9-17(14(3)4)18(16)10-20(26)25-30(27)21-24-12-19(29-21)22(5,6)28-7/h8-9,12-14H,10H2,1-7H3,(H,25,26). The van der Waals surface area contributed by atoms with Crippen LogP contribution < -0.4 is 4.72 Å². The van der Waals surface area contributed by atoms with Gasteiger partial charge in [0.2, 0.25) is 0 Å². The van der Waals surface area contributed by atoms with Gasteiger partial charge in [-0.1, -0.05) is 39.0 Å². The number of benzene rings is 1. The van der Waals surface area contributed by atoms with E-state index in [2.05, 4.69) is 15.8 Å². The number of nitriles is 1. The first-order valence-electron chi connectivity index (χ1n) is 9.79. The van der Waals surface area contributed by atoms with Gasteiger partial charge >= 0.3 is 4.34 Å². The van der Waals surface area contributed by atoms with Crippen molar-refractivity contribution in [3.05, 3.63) is 45.5 Å². The lowest BCUT2D eigenvalue weighted by Gasteiger charge is -2.20. The number of amides is 1. The van der Waals surface area contributed by atoms with E-state index in [4.69, 9.17) is 4.74 Å². The molecule has 1 unspecified atom stereocenters. The lowest BCUT2D eigenvalue weighted by molar-refractivity contribution is -0.118. The summed E-state index contributed by atoms with van der Waals surface area (Å²) in [7, 11) is 1.61. The van der Waals surface area contributed by atoms with Gasteiger partial charge in [-0.05, 0) is 54.5 Å². The van der Waals surface area contributed by atoms with E-state index in [1.807, 2.05) is 53.7 Å². The van der Waals surface area contributed by atoms with Crippen LogP contribution in [0.4, 0.5) is 0 Å². The average Bonchev–Trinajstić information content (AvgIpc) is 3.18. The molecule has 1 atom stereocenters. The molecular weight excluding hydrogens is 418 g/mol. The summed E-state index contributed by atoms with van der Waals surface area (Å²) >= 11 is -0.489. The molecule has 1 N–H and O–H groups in total. The minimum atomic E-state index is -1.74. The van der Waals surface area contributed by atoms with Gasteiger partial charge in [0.25, 0.3) is 5.91 Å². The minimum absolute atomic E-state index is 0.0975. The SMILES string of the molecule is COC(C)(C)c1cnc([S+]([O-])NC(=O)Cc2c(C(C)C)cc(C#N)cc2C(C)C)s1. The molecule has 162 valence electrons. The number of hydrogen-bond donors (Lipinski definition) is 1. The number of ether oxygens (including phenoxy) is 1. The van der Waals surface area contributed by atoms with Crippen molar-refractivity contribution in [2.24, 2.45) is 0 Å². The van der Waals surface area contributed by atoms with Gasteiger partial charge in [0, 0.05) is 13.3 Å². The van der Waals surface area contributed by atoms with E-state index in [-0.39, 0.29) is 24.2 Å². The Hall–Kier alpha value is -1.92.